The van der Waals surface area contributed by atoms with Crippen molar-refractivity contribution < 1.29 is 42.9 Å². The van der Waals surface area contributed by atoms with E-state index in [-0.39, 0.29) is 32.2 Å². The Morgan fingerprint density at radius 2 is 0.760 bits per heavy atom. The van der Waals surface area contributed by atoms with Crippen LogP contribution in [0.4, 0.5) is 0 Å². The number of hydrogen-bond donors (Lipinski definition) is 1. The van der Waals surface area contributed by atoms with E-state index in [9.17, 15) is 19.5 Å². The third kappa shape index (κ3) is 57.2. The molecule has 0 saturated carbocycles. The molecule has 426 valence electrons. The number of carboxylic acids is 1. The first-order valence-electron chi connectivity index (χ1n) is 29.7. The summed E-state index contributed by atoms with van der Waals surface area (Å²) in [7, 11) is 5.95. The molecule has 0 aliphatic heterocycles. The van der Waals surface area contributed by atoms with E-state index in [1.807, 2.05) is 21.1 Å². The molecule has 2 unspecified atom stereocenters. The van der Waals surface area contributed by atoms with E-state index in [1.165, 1.54) is 77.0 Å². The first-order chi connectivity index (χ1) is 36.6. The second kappa shape index (κ2) is 55.9. The van der Waals surface area contributed by atoms with Gasteiger partial charge in [0.1, 0.15) is 13.2 Å². The fraction of sp³-hybridized carbons (Fsp3) is 0.652. The number of ether oxygens (including phenoxy) is 4. The highest BCUT2D eigenvalue weighted by molar-refractivity contribution is 5.71. The average molecular weight is 1050 g/mol. The highest BCUT2D eigenvalue weighted by Gasteiger charge is 2.25. The lowest BCUT2D eigenvalue weighted by molar-refractivity contribution is -0.870. The van der Waals surface area contributed by atoms with Crippen LogP contribution < -0.4 is 0 Å². The van der Waals surface area contributed by atoms with Crippen molar-refractivity contribution in [2.24, 2.45) is 0 Å². The number of esters is 2. The lowest BCUT2D eigenvalue weighted by Gasteiger charge is -2.25. The Bertz CT molecular complexity index is 1640. The number of likely N-dealkylation sites (N-methyl/N-ethyl adjacent to an activating group) is 1. The van der Waals surface area contributed by atoms with Crippen LogP contribution in [0.3, 0.4) is 0 Å². The lowest BCUT2D eigenvalue weighted by Crippen LogP contribution is -2.40. The zero-order valence-corrected chi connectivity index (χ0v) is 48.4. The third-order valence-corrected chi connectivity index (χ3v) is 12.2. The van der Waals surface area contributed by atoms with Crippen molar-refractivity contribution in [3.05, 3.63) is 122 Å². The summed E-state index contributed by atoms with van der Waals surface area (Å²) in [6.45, 7) is 4.72. The van der Waals surface area contributed by atoms with Crippen LogP contribution in [-0.2, 0) is 33.3 Å². The number of hydrogen-bond acceptors (Lipinski definition) is 7. The van der Waals surface area contributed by atoms with Crippen LogP contribution in [0.5, 0.6) is 0 Å². The second-order valence-corrected chi connectivity index (χ2v) is 20.6. The molecule has 0 aliphatic carbocycles. The minimum atomic E-state index is -1.51. The van der Waals surface area contributed by atoms with Gasteiger partial charge in [0.25, 0.3) is 6.29 Å². The Balaban J connectivity index is 4.07. The van der Waals surface area contributed by atoms with Crippen molar-refractivity contribution >= 4 is 17.9 Å². The molecule has 0 rings (SSSR count). The SMILES string of the molecule is CC/C=C\C/C=C\C/C=C\C/C=C\C/C=C\C/C=C\C/C=C\C/C=C\C/C=C\C/C=C\CCCCCCCCCCCCC(=O)OC(COC(=O)CCCCCCCCCCC)COC(OCC[N+](C)(C)C)C(=O)O. The number of carbonyl (C=O) groups excluding carboxylic acids is 2. The van der Waals surface area contributed by atoms with Crippen molar-refractivity contribution in [2.75, 3.05) is 47.5 Å². The topological polar surface area (TPSA) is 108 Å². The molecule has 0 amide bonds. The Hall–Kier alpha value is -4.31. The molecule has 1 N–H and O–H groups in total. The largest absolute Gasteiger partial charge is 0.477 e. The lowest BCUT2D eigenvalue weighted by atomic mass is 10.0. The normalized spacial score (nSPS) is 13.7. The number of carboxylic acid groups (broad SMARTS) is 1. The predicted molar refractivity (Wildman–Crippen MR) is 318 cm³/mol. The summed E-state index contributed by atoms with van der Waals surface area (Å²) in [6, 6.07) is 0. The van der Waals surface area contributed by atoms with E-state index in [4.69, 9.17) is 18.9 Å². The quantitative estimate of drug-likeness (QED) is 0.0211. The third-order valence-electron chi connectivity index (χ3n) is 12.2. The Labute approximate surface area is 459 Å². The monoisotopic (exact) mass is 1040 g/mol. The zero-order chi connectivity index (χ0) is 54.8. The van der Waals surface area contributed by atoms with Crippen LogP contribution in [0.15, 0.2) is 122 Å². The predicted octanol–water partition coefficient (Wildman–Crippen LogP) is 17.7. The van der Waals surface area contributed by atoms with E-state index < -0.39 is 24.3 Å². The van der Waals surface area contributed by atoms with Gasteiger partial charge in [-0.05, 0) is 89.9 Å². The Morgan fingerprint density at radius 1 is 0.413 bits per heavy atom. The average Bonchev–Trinajstić information content (AvgIpc) is 3.38. The molecule has 0 saturated heterocycles. The fourth-order valence-corrected chi connectivity index (χ4v) is 7.69. The first kappa shape index (κ1) is 70.7. The van der Waals surface area contributed by atoms with Gasteiger partial charge >= 0.3 is 17.9 Å². The molecule has 9 heteroatoms. The molecular weight excluding hydrogens is 935 g/mol. The fourth-order valence-electron chi connectivity index (χ4n) is 7.69. The summed E-state index contributed by atoms with van der Waals surface area (Å²) in [5.41, 5.74) is 0. The van der Waals surface area contributed by atoms with Crippen molar-refractivity contribution in [3.63, 3.8) is 0 Å². The van der Waals surface area contributed by atoms with Gasteiger partial charge in [0.05, 0.1) is 34.4 Å². The number of quaternary nitrogens is 1. The van der Waals surface area contributed by atoms with Crippen LogP contribution >= 0.6 is 0 Å². The number of nitrogens with zero attached hydrogens (tertiary/aromatic N) is 1. The van der Waals surface area contributed by atoms with Gasteiger partial charge in [0, 0.05) is 12.8 Å². The van der Waals surface area contributed by atoms with E-state index in [0.717, 1.165) is 109 Å². The van der Waals surface area contributed by atoms with Crippen molar-refractivity contribution in [2.45, 2.75) is 232 Å². The van der Waals surface area contributed by atoms with Gasteiger partial charge in [-0.25, -0.2) is 4.79 Å². The Kier molecular flexibility index (Phi) is 52.7. The van der Waals surface area contributed by atoms with Gasteiger partial charge in [0.15, 0.2) is 6.10 Å². The summed E-state index contributed by atoms with van der Waals surface area (Å²) in [6.07, 6.45) is 75.9. The molecule has 0 aliphatic rings. The maximum atomic E-state index is 12.8. The van der Waals surface area contributed by atoms with Crippen LogP contribution in [0.2, 0.25) is 0 Å². The number of rotatable bonds is 53. The van der Waals surface area contributed by atoms with Crippen molar-refractivity contribution in [3.8, 4) is 0 Å². The van der Waals surface area contributed by atoms with Crippen molar-refractivity contribution in [1.29, 1.82) is 0 Å². The minimum Gasteiger partial charge on any atom is -0.477 e. The van der Waals surface area contributed by atoms with Gasteiger partial charge in [-0.3, -0.25) is 9.59 Å². The Morgan fingerprint density at radius 3 is 1.13 bits per heavy atom. The van der Waals surface area contributed by atoms with E-state index >= 15 is 0 Å². The van der Waals surface area contributed by atoms with Crippen LogP contribution in [0.1, 0.15) is 219 Å². The molecule has 0 heterocycles. The molecular formula is C66H110NO8+. The summed E-state index contributed by atoms with van der Waals surface area (Å²) >= 11 is 0. The van der Waals surface area contributed by atoms with Crippen molar-refractivity contribution in [1.82, 2.24) is 0 Å². The van der Waals surface area contributed by atoms with Gasteiger partial charge in [-0.1, -0.05) is 238 Å². The maximum absolute atomic E-state index is 12.8. The standard InChI is InChI=1S/C66H109NO8/c1-6-8-10-12-14-16-17-18-19-20-21-22-23-24-25-26-27-28-29-30-31-32-33-34-35-36-37-38-39-40-41-42-43-44-45-46-47-49-51-53-55-57-64(69)75-62(61-74-66(65(70)71)72-59-58-67(3,4)5)60-73-63(68)56-54-52-50-48-15-13-11-9-7-2/h8,10,14,16,18-19,21-22,24-25,27-28,30-31,33-34,36-37,39-40,62,66H,6-7,9,11-13,15,17,20,23,26,29,32,35,38,41-61H2,1-5H3/p+1/b10-8-,16-14-,19-18-,22-21-,25-24-,28-27-,31-30-,34-33-,37-36-,40-39-. The van der Waals surface area contributed by atoms with Crippen LogP contribution in [-0.4, -0.2) is 87.4 Å². The summed E-state index contributed by atoms with van der Waals surface area (Å²) < 4.78 is 22.8. The molecule has 0 aromatic carbocycles. The molecule has 0 fully saturated rings. The van der Waals surface area contributed by atoms with Gasteiger partial charge < -0.3 is 28.5 Å². The van der Waals surface area contributed by atoms with Gasteiger partial charge in [-0.2, -0.15) is 0 Å². The number of carbonyl (C=O) groups is 3. The molecule has 75 heavy (non-hydrogen) atoms. The van der Waals surface area contributed by atoms with E-state index in [1.54, 1.807) is 0 Å². The van der Waals surface area contributed by atoms with Gasteiger partial charge in [-0.15, -0.1) is 0 Å². The van der Waals surface area contributed by atoms with E-state index in [2.05, 4.69) is 135 Å². The highest BCUT2D eigenvalue weighted by Crippen LogP contribution is 2.15. The maximum Gasteiger partial charge on any atom is 0.361 e. The highest BCUT2D eigenvalue weighted by atomic mass is 16.7. The molecule has 0 spiro atoms. The second-order valence-electron chi connectivity index (χ2n) is 20.6. The number of unbranched alkanes of at least 4 members (excludes halogenated alkanes) is 18. The molecule has 0 radical (unpaired) electrons. The zero-order valence-electron chi connectivity index (χ0n) is 48.4. The summed E-state index contributed by atoms with van der Waals surface area (Å²) in [5.74, 6) is -2.02. The van der Waals surface area contributed by atoms with Crippen LogP contribution in [0, 0.1) is 0 Å². The van der Waals surface area contributed by atoms with E-state index in [0.29, 0.717) is 23.9 Å². The molecule has 0 bridgehead atoms. The van der Waals surface area contributed by atoms with Gasteiger partial charge in [0.2, 0.25) is 0 Å². The summed E-state index contributed by atoms with van der Waals surface area (Å²) in [4.78, 5) is 37.2. The molecule has 0 aromatic heterocycles. The number of aliphatic carboxylic acids is 1. The minimum absolute atomic E-state index is 0.183. The summed E-state index contributed by atoms with van der Waals surface area (Å²) in [5, 5.41) is 9.66. The molecule has 9 nitrogen and oxygen atoms in total. The number of allylic oxidation sites excluding steroid dienone is 20. The smallest absolute Gasteiger partial charge is 0.361 e. The first-order valence-corrected chi connectivity index (χ1v) is 29.7. The molecule has 0 aromatic rings. The van der Waals surface area contributed by atoms with Crippen LogP contribution in [0.25, 0.3) is 0 Å². The molecule has 2 atom stereocenters.